The molecule has 0 saturated carbocycles. The molecule has 4 aromatic rings. The Bertz CT molecular complexity index is 1720. The predicted molar refractivity (Wildman–Crippen MR) is 151 cm³/mol. The van der Waals surface area contributed by atoms with Crippen molar-refractivity contribution in [3.8, 4) is 16.9 Å². The van der Waals surface area contributed by atoms with Crippen LogP contribution in [0.5, 0.6) is 0 Å². The predicted octanol–water partition coefficient (Wildman–Crippen LogP) is 5.77. The standard InChI is InChI=1S/C28H25ClF3N7O4/c1-14-17(12-34-39(14)22-7-3-5-18(29)23(22)30)25(40)37-19-6-4-10-28(31,32)26(41)38-20-11-15(35-27(42)43-2)8-9-16(20)21-13-33-24(19)36-21/h3,5,7-9,11-13,19H,4,6,10H2,1-2H3,(H,33,36)(H,35,42)(H,37,40)(H,38,41). The minimum atomic E-state index is -3.74. The highest BCUT2D eigenvalue weighted by Gasteiger charge is 2.39. The van der Waals surface area contributed by atoms with Gasteiger partial charge in [-0.05, 0) is 50.1 Å². The Morgan fingerprint density at radius 1 is 1.21 bits per heavy atom. The maximum atomic E-state index is 14.9. The van der Waals surface area contributed by atoms with E-state index in [0.29, 0.717) is 17.0 Å². The molecular weight excluding hydrogens is 591 g/mol. The number of carbonyl (C=O) groups excluding carboxylic acids is 3. The number of anilines is 2. The van der Waals surface area contributed by atoms with Gasteiger partial charge in [-0.2, -0.15) is 13.9 Å². The van der Waals surface area contributed by atoms with Crippen LogP contribution in [0.1, 0.15) is 47.2 Å². The summed E-state index contributed by atoms with van der Waals surface area (Å²) in [5.41, 5.74) is 1.35. The molecular formula is C28H25ClF3N7O4. The summed E-state index contributed by atoms with van der Waals surface area (Å²) in [5.74, 6) is -6.28. The highest BCUT2D eigenvalue weighted by molar-refractivity contribution is 6.30. The summed E-state index contributed by atoms with van der Waals surface area (Å²) in [5, 5.41) is 11.5. The lowest BCUT2D eigenvalue weighted by molar-refractivity contribution is -0.140. The molecule has 1 aliphatic rings. The van der Waals surface area contributed by atoms with Gasteiger partial charge in [-0.25, -0.2) is 18.9 Å². The Morgan fingerprint density at radius 2 is 2.00 bits per heavy atom. The summed E-state index contributed by atoms with van der Waals surface area (Å²) in [7, 11) is 1.17. The number of nitrogens with zero attached hydrogens (tertiary/aromatic N) is 3. The summed E-state index contributed by atoms with van der Waals surface area (Å²) in [4.78, 5) is 45.1. The maximum absolute atomic E-state index is 14.9. The number of nitrogens with one attached hydrogen (secondary N) is 4. The second-order valence-corrected chi connectivity index (χ2v) is 10.2. The zero-order chi connectivity index (χ0) is 30.9. The maximum Gasteiger partial charge on any atom is 0.411 e. The van der Waals surface area contributed by atoms with E-state index in [4.69, 9.17) is 11.6 Å². The van der Waals surface area contributed by atoms with Gasteiger partial charge in [0.15, 0.2) is 5.82 Å². The molecule has 11 nitrogen and oxygen atoms in total. The number of imidazole rings is 1. The first-order valence-electron chi connectivity index (χ1n) is 13.0. The largest absolute Gasteiger partial charge is 0.453 e. The van der Waals surface area contributed by atoms with Gasteiger partial charge in [-0.15, -0.1) is 0 Å². The van der Waals surface area contributed by atoms with Crippen LogP contribution in [0.4, 0.5) is 29.3 Å². The molecule has 4 N–H and O–H groups in total. The van der Waals surface area contributed by atoms with Crippen molar-refractivity contribution >= 4 is 40.9 Å². The monoisotopic (exact) mass is 615 g/mol. The van der Waals surface area contributed by atoms with Crippen LogP contribution in [0.15, 0.2) is 48.8 Å². The molecule has 1 atom stereocenters. The molecule has 5 rings (SSSR count). The highest BCUT2D eigenvalue weighted by atomic mass is 35.5. The lowest BCUT2D eigenvalue weighted by Gasteiger charge is -2.21. The average molecular weight is 616 g/mol. The molecule has 0 aliphatic carbocycles. The number of ether oxygens (including phenoxy) is 1. The molecule has 0 spiro atoms. The normalized spacial score (nSPS) is 16.2. The van der Waals surface area contributed by atoms with Crippen LogP contribution in [0, 0.1) is 12.7 Å². The topological polar surface area (TPSA) is 143 Å². The SMILES string of the molecule is COC(=O)Nc1ccc2c(c1)NC(=O)C(F)(F)CCCC(NC(=O)c1cnn(-c3cccc(Cl)c3F)c1C)c1ncc-2[nH]1. The van der Waals surface area contributed by atoms with E-state index in [9.17, 15) is 27.6 Å². The van der Waals surface area contributed by atoms with Crippen molar-refractivity contribution in [1.29, 1.82) is 0 Å². The number of halogens is 4. The van der Waals surface area contributed by atoms with Gasteiger partial charge in [-0.1, -0.05) is 17.7 Å². The average Bonchev–Trinajstić information content (AvgIpc) is 3.61. The molecule has 1 aliphatic heterocycles. The molecule has 2 aromatic carbocycles. The van der Waals surface area contributed by atoms with Crippen LogP contribution in [0.3, 0.4) is 0 Å². The van der Waals surface area contributed by atoms with E-state index in [-0.39, 0.29) is 46.3 Å². The van der Waals surface area contributed by atoms with E-state index in [1.807, 2.05) is 0 Å². The first-order chi connectivity index (χ1) is 20.5. The number of hydrogen-bond donors (Lipinski definition) is 4. The molecule has 0 fully saturated rings. The fourth-order valence-corrected chi connectivity index (χ4v) is 4.85. The van der Waals surface area contributed by atoms with E-state index in [2.05, 4.69) is 35.8 Å². The third kappa shape index (κ3) is 6.04. The third-order valence-corrected chi connectivity index (χ3v) is 7.24. The number of alkyl halides is 2. The lowest BCUT2D eigenvalue weighted by Crippen LogP contribution is -2.35. The van der Waals surface area contributed by atoms with Crippen molar-refractivity contribution in [1.82, 2.24) is 25.1 Å². The molecule has 0 saturated heterocycles. The summed E-state index contributed by atoms with van der Waals surface area (Å²) in [6.45, 7) is 1.58. The number of rotatable bonds is 4. The number of benzene rings is 2. The molecule has 3 amide bonds. The molecule has 0 radical (unpaired) electrons. The Kier molecular flexibility index (Phi) is 8.13. The minimum Gasteiger partial charge on any atom is -0.453 e. The van der Waals surface area contributed by atoms with Gasteiger partial charge in [0.25, 0.3) is 11.8 Å². The van der Waals surface area contributed by atoms with Crippen LogP contribution in [0.2, 0.25) is 5.02 Å². The fraction of sp³-hybridized carbons (Fsp3) is 0.250. The van der Waals surface area contributed by atoms with E-state index in [1.54, 1.807) is 13.0 Å². The van der Waals surface area contributed by atoms with Crippen molar-refractivity contribution in [3.05, 3.63) is 76.7 Å². The first kappa shape index (κ1) is 29.6. The second-order valence-electron chi connectivity index (χ2n) is 9.76. The first-order valence-corrected chi connectivity index (χ1v) is 13.4. The molecule has 15 heteroatoms. The molecule has 224 valence electrons. The van der Waals surface area contributed by atoms with Crippen LogP contribution in [-0.4, -0.2) is 50.7 Å². The van der Waals surface area contributed by atoms with Crippen LogP contribution >= 0.6 is 11.6 Å². The smallest absolute Gasteiger partial charge is 0.411 e. The quantitative estimate of drug-likeness (QED) is 0.230. The van der Waals surface area contributed by atoms with Gasteiger partial charge in [0.2, 0.25) is 0 Å². The number of aromatic nitrogens is 4. The summed E-state index contributed by atoms with van der Waals surface area (Å²) in [6, 6.07) is 7.85. The van der Waals surface area contributed by atoms with Gasteiger partial charge in [0.05, 0.1) is 53.2 Å². The van der Waals surface area contributed by atoms with Gasteiger partial charge in [0, 0.05) is 17.7 Å². The number of H-pyrrole nitrogens is 1. The van der Waals surface area contributed by atoms with E-state index in [1.165, 1.54) is 54.5 Å². The number of fused-ring (bicyclic) bond motifs is 4. The van der Waals surface area contributed by atoms with Gasteiger partial charge in [0.1, 0.15) is 11.5 Å². The molecule has 43 heavy (non-hydrogen) atoms. The van der Waals surface area contributed by atoms with Crippen LogP contribution in [-0.2, 0) is 9.53 Å². The van der Waals surface area contributed by atoms with Crippen LogP contribution < -0.4 is 16.0 Å². The molecule has 2 aromatic heterocycles. The zero-order valence-electron chi connectivity index (χ0n) is 22.8. The van der Waals surface area contributed by atoms with Crippen molar-refractivity contribution in [2.24, 2.45) is 0 Å². The van der Waals surface area contributed by atoms with Crippen LogP contribution in [0.25, 0.3) is 16.9 Å². The number of hydrogen-bond acceptors (Lipinski definition) is 6. The number of methoxy groups -OCH3 is 1. The summed E-state index contributed by atoms with van der Waals surface area (Å²) in [6.07, 6.45) is 0.984. The molecule has 1 unspecified atom stereocenters. The van der Waals surface area contributed by atoms with E-state index >= 15 is 0 Å². The third-order valence-electron chi connectivity index (χ3n) is 6.95. The Labute approximate surface area is 247 Å². The van der Waals surface area contributed by atoms with E-state index in [0.717, 1.165) is 0 Å². The van der Waals surface area contributed by atoms with Gasteiger partial charge < -0.3 is 20.4 Å². The zero-order valence-corrected chi connectivity index (χ0v) is 23.6. The van der Waals surface area contributed by atoms with Gasteiger partial charge >= 0.3 is 12.0 Å². The minimum absolute atomic E-state index is 0.00813. The number of carbonyl (C=O) groups is 3. The summed E-state index contributed by atoms with van der Waals surface area (Å²) < 4.78 is 50.2. The van der Waals surface area contributed by atoms with Crippen molar-refractivity contribution in [2.75, 3.05) is 17.7 Å². The second kappa shape index (κ2) is 11.8. The Hall–Kier alpha value is -4.85. The van der Waals surface area contributed by atoms with Crippen molar-refractivity contribution in [2.45, 2.75) is 38.2 Å². The number of aromatic amines is 1. The fourth-order valence-electron chi connectivity index (χ4n) is 4.68. The van der Waals surface area contributed by atoms with Crippen molar-refractivity contribution < 1.29 is 32.3 Å². The van der Waals surface area contributed by atoms with E-state index < -0.39 is 42.1 Å². The van der Waals surface area contributed by atoms with Crippen molar-refractivity contribution in [3.63, 3.8) is 0 Å². The Morgan fingerprint density at radius 3 is 2.77 bits per heavy atom. The molecule has 3 heterocycles. The number of amides is 3. The highest BCUT2D eigenvalue weighted by Crippen LogP contribution is 2.34. The Balaban J connectivity index is 1.47. The molecule has 2 bridgehead atoms. The van der Waals surface area contributed by atoms with Gasteiger partial charge in [-0.3, -0.25) is 14.9 Å². The lowest BCUT2D eigenvalue weighted by atomic mass is 10.0. The summed E-state index contributed by atoms with van der Waals surface area (Å²) >= 11 is 5.90.